The van der Waals surface area contributed by atoms with Crippen LogP contribution in [0.1, 0.15) is 10.4 Å². The molecule has 0 aliphatic heterocycles. The van der Waals surface area contributed by atoms with Crippen LogP contribution in [0, 0.1) is 0 Å². The van der Waals surface area contributed by atoms with Crippen LogP contribution in [0.15, 0.2) is 72.8 Å². The van der Waals surface area contributed by atoms with Crippen molar-refractivity contribution in [3.8, 4) is 23.0 Å². The van der Waals surface area contributed by atoms with Gasteiger partial charge in [0.25, 0.3) is 5.91 Å². The minimum Gasteiger partial charge on any atom is -0.493 e. The van der Waals surface area contributed by atoms with Gasteiger partial charge in [-0.2, -0.15) is 0 Å². The lowest BCUT2D eigenvalue weighted by atomic mass is 10.2. The fraction of sp³-hybridized carbons (Fsp3) is 0.0909. The number of nitrogens with one attached hydrogen (secondary N) is 1. The Morgan fingerprint density at radius 2 is 1.68 bits per heavy atom. The van der Waals surface area contributed by atoms with Gasteiger partial charge in [0.1, 0.15) is 12.0 Å². The molecular formula is C22H19NO5. The Bertz CT molecular complexity index is 956. The molecule has 3 aromatic carbocycles. The number of aldehydes is 1. The summed E-state index contributed by atoms with van der Waals surface area (Å²) in [6.45, 7) is -0.252. The summed E-state index contributed by atoms with van der Waals surface area (Å²) in [5.74, 6) is 1.56. The van der Waals surface area contributed by atoms with E-state index in [0.29, 0.717) is 40.5 Å². The lowest BCUT2D eigenvalue weighted by molar-refractivity contribution is -0.118. The van der Waals surface area contributed by atoms with Gasteiger partial charge in [-0.25, -0.2) is 0 Å². The zero-order valence-corrected chi connectivity index (χ0v) is 15.3. The molecule has 0 bridgehead atoms. The van der Waals surface area contributed by atoms with Crippen molar-refractivity contribution in [1.29, 1.82) is 0 Å². The monoisotopic (exact) mass is 377 g/mol. The second-order valence-corrected chi connectivity index (χ2v) is 5.78. The molecule has 0 unspecified atom stereocenters. The van der Waals surface area contributed by atoms with Crippen molar-refractivity contribution in [2.45, 2.75) is 0 Å². The van der Waals surface area contributed by atoms with Crippen molar-refractivity contribution < 1.29 is 23.8 Å². The Labute approximate surface area is 162 Å². The van der Waals surface area contributed by atoms with E-state index in [9.17, 15) is 9.59 Å². The van der Waals surface area contributed by atoms with Gasteiger partial charge in [-0.3, -0.25) is 9.59 Å². The molecule has 0 saturated heterocycles. The first-order chi connectivity index (χ1) is 13.7. The van der Waals surface area contributed by atoms with Crippen LogP contribution in [0.5, 0.6) is 23.0 Å². The summed E-state index contributed by atoms with van der Waals surface area (Å²) in [7, 11) is 1.49. The van der Waals surface area contributed by atoms with Gasteiger partial charge in [0.05, 0.1) is 12.8 Å². The molecule has 6 nitrogen and oxygen atoms in total. The largest absolute Gasteiger partial charge is 0.493 e. The first-order valence-electron chi connectivity index (χ1n) is 8.57. The molecule has 1 amide bonds. The normalized spacial score (nSPS) is 10.0. The summed E-state index contributed by atoms with van der Waals surface area (Å²) in [6.07, 6.45) is 0.698. The topological polar surface area (TPSA) is 73.9 Å². The summed E-state index contributed by atoms with van der Waals surface area (Å²) in [5.41, 5.74) is 0.950. The highest BCUT2D eigenvalue weighted by Crippen LogP contribution is 2.30. The van der Waals surface area contributed by atoms with Crippen molar-refractivity contribution in [3.05, 3.63) is 78.4 Å². The van der Waals surface area contributed by atoms with Gasteiger partial charge in [-0.05, 0) is 42.5 Å². The number of ether oxygens (including phenoxy) is 3. The Hall–Kier alpha value is -3.80. The molecule has 3 aromatic rings. The molecule has 0 heterocycles. The van der Waals surface area contributed by atoms with Crippen molar-refractivity contribution in [2.75, 3.05) is 19.0 Å². The third-order valence-corrected chi connectivity index (χ3v) is 3.81. The molecule has 0 saturated carbocycles. The van der Waals surface area contributed by atoms with Gasteiger partial charge in [0, 0.05) is 5.56 Å². The average molecular weight is 377 g/mol. The van der Waals surface area contributed by atoms with Crippen molar-refractivity contribution >= 4 is 17.9 Å². The SMILES string of the molecule is COc1ccc(C=O)cc1OCC(=O)Nc1ccccc1Oc1ccccc1. The lowest BCUT2D eigenvalue weighted by Crippen LogP contribution is -2.20. The van der Waals surface area contributed by atoms with E-state index in [0.717, 1.165) is 0 Å². The number of hydrogen-bond acceptors (Lipinski definition) is 5. The molecule has 142 valence electrons. The maximum absolute atomic E-state index is 12.3. The van der Waals surface area contributed by atoms with E-state index in [1.54, 1.807) is 30.3 Å². The predicted octanol–water partition coefficient (Wildman–Crippen LogP) is 4.32. The Morgan fingerprint density at radius 3 is 2.43 bits per heavy atom. The van der Waals surface area contributed by atoms with Gasteiger partial charge in [-0.1, -0.05) is 30.3 Å². The number of rotatable bonds is 8. The van der Waals surface area contributed by atoms with E-state index in [2.05, 4.69) is 5.32 Å². The average Bonchev–Trinajstić information content (AvgIpc) is 2.74. The van der Waals surface area contributed by atoms with E-state index >= 15 is 0 Å². The summed E-state index contributed by atoms with van der Waals surface area (Å²) in [4.78, 5) is 23.3. The highest BCUT2D eigenvalue weighted by Gasteiger charge is 2.11. The number of hydrogen-bond donors (Lipinski definition) is 1. The highest BCUT2D eigenvalue weighted by atomic mass is 16.5. The predicted molar refractivity (Wildman–Crippen MR) is 105 cm³/mol. The van der Waals surface area contributed by atoms with E-state index in [4.69, 9.17) is 14.2 Å². The van der Waals surface area contributed by atoms with Gasteiger partial charge < -0.3 is 19.5 Å². The molecule has 0 spiro atoms. The van der Waals surface area contributed by atoms with Gasteiger partial charge in [0.2, 0.25) is 0 Å². The molecule has 3 rings (SSSR count). The Balaban J connectivity index is 1.67. The number of carbonyl (C=O) groups excluding carboxylic acids is 2. The summed E-state index contributed by atoms with van der Waals surface area (Å²) < 4.78 is 16.5. The number of amides is 1. The molecule has 0 radical (unpaired) electrons. The van der Waals surface area contributed by atoms with Crippen LogP contribution < -0.4 is 19.5 Å². The quantitative estimate of drug-likeness (QED) is 0.592. The molecule has 0 atom stereocenters. The zero-order chi connectivity index (χ0) is 19.8. The minimum absolute atomic E-state index is 0.252. The minimum atomic E-state index is -0.373. The summed E-state index contributed by atoms with van der Waals surface area (Å²) in [6, 6.07) is 21.1. The molecule has 0 fully saturated rings. The van der Waals surface area contributed by atoms with Crippen LogP contribution in [0.25, 0.3) is 0 Å². The van der Waals surface area contributed by atoms with Crippen LogP contribution in [0.3, 0.4) is 0 Å². The first-order valence-corrected chi connectivity index (χ1v) is 8.57. The van der Waals surface area contributed by atoms with Gasteiger partial charge >= 0.3 is 0 Å². The Kier molecular flexibility index (Phi) is 6.25. The number of anilines is 1. The van der Waals surface area contributed by atoms with E-state index in [1.165, 1.54) is 13.2 Å². The highest BCUT2D eigenvalue weighted by molar-refractivity contribution is 5.93. The molecule has 0 aliphatic rings. The van der Waals surface area contributed by atoms with E-state index in [1.807, 2.05) is 36.4 Å². The third kappa shape index (κ3) is 4.88. The summed E-state index contributed by atoms with van der Waals surface area (Å²) >= 11 is 0. The molecule has 0 aromatic heterocycles. The van der Waals surface area contributed by atoms with Crippen LogP contribution in [0.2, 0.25) is 0 Å². The van der Waals surface area contributed by atoms with Crippen molar-refractivity contribution in [2.24, 2.45) is 0 Å². The fourth-order valence-electron chi connectivity index (χ4n) is 2.48. The second-order valence-electron chi connectivity index (χ2n) is 5.78. The number of para-hydroxylation sites is 3. The van der Waals surface area contributed by atoms with Gasteiger partial charge in [0.15, 0.2) is 23.9 Å². The molecule has 0 aliphatic carbocycles. The number of methoxy groups -OCH3 is 1. The maximum atomic E-state index is 12.3. The third-order valence-electron chi connectivity index (χ3n) is 3.81. The van der Waals surface area contributed by atoms with Crippen LogP contribution in [-0.4, -0.2) is 25.9 Å². The van der Waals surface area contributed by atoms with Crippen LogP contribution in [-0.2, 0) is 4.79 Å². The maximum Gasteiger partial charge on any atom is 0.262 e. The smallest absolute Gasteiger partial charge is 0.262 e. The molecule has 28 heavy (non-hydrogen) atoms. The van der Waals surface area contributed by atoms with Crippen LogP contribution >= 0.6 is 0 Å². The standard InChI is InChI=1S/C22H19NO5/c1-26-20-12-11-16(14-24)13-21(20)27-15-22(25)23-18-9-5-6-10-19(18)28-17-7-3-2-4-8-17/h2-14H,15H2,1H3,(H,23,25). The lowest BCUT2D eigenvalue weighted by Gasteiger charge is -2.13. The first kappa shape index (κ1) is 19.0. The zero-order valence-electron chi connectivity index (χ0n) is 15.3. The van der Waals surface area contributed by atoms with Crippen LogP contribution in [0.4, 0.5) is 5.69 Å². The van der Waals surface area contributed by atoms with E-state index in [-0.39, 0.29) is 12.5 Å². The second kappa shape index (κ2) is 9.23. The molecule has 6 heteroatoms. The summed E-state index contributed by atoms with van der Waals surface area (Å²) in [5, 5.41) is 2.77. The Morgan fingerprint density at radius 1 is 0.929 bits per heavy atom. The fourth-order valence-corrected chi connectivity index (χ4v) is 2.48. The molecular weight excluding hydrogens is 358 g/mol. The van der Waals surface area contributed by atoms with Crippen molar-refractivity contribution in [3.63, 3.8) is 0 Å². The van der Waals surface area contributed by atoms with Gasteiger partial charge in [-0.15, -0.1) is 0 Å². The van der Waals surface area contributed by atoms with Crippen molar-refractivity contribution in [1.82, 2.24) is 0 Å². The number of carbonyl (C=O) groups is 2. The van der Waals surface area contributed by atoms with E-state index < -0.39 is 0 Å². The molecule has 1 N–H and O–H groups in total. The number of benzene rings is 3.